The van der Waals surface area contributed by atoms with Crippen molar-refractivity contribution < 1.29 is 9.53 Å². The highest BCUT2D eigenvalue weighted by Gasteiger charge is 2.28. The third-order valence-corrected chi connectivity index (χ3v) is 3.10. The molecule has 0 bridgehead atoms. The summed E-state index contributed by atoms with van der Waals surface area (Å²) in [6.45, 7) is 1.56. The predicted octanol–water partition coefficient (Wildman–Crippen LogP) is 0.253. The number of nitrogens with two attached hydrogens (primary N) is 1. The molecule has 1 atom stereocenters. The lowest BCUT2D eigenvalue weighted by atomic mass is 10.2. The largest absolute Gasteiger partial charge is 0.380 e. The van der Waals surface area contributed by atoms with Gasteiger partial charge in [-0.25, -0.2) is 4.98 Å². The van der Waals surface area contributed by atoms with Gasteiger partial charge < -0.3 is 15.4 Å². The molecule has 1 aliphatic rings. The van der Waals surface area contributed by atoms with E-state index in [9.17, 15) is 4.79 Å². The number of nitrogens with zero attached hydrogens (tertiary/aromatic N) is 2. The van der Waals surface area contributed by atoms with E-state index in [1.54, 1.807) is 30.3 Å². The number of rotatable bonds is 2. The zero-order chi connectivity index (χ0) is 13.7. The average molecular weight is 259 g/mol. The normalized spacial score (nSPS) is 18.0. The van der Waals surface area contributed by atoms with Crippen molar-refractivity contribution in [3.05, 3.63) is 29.6 Å². The van der Waals surface area contributed by atoms with Crippen molar-refractivity contribution in [3.63, 3.8) is 0 Å². The molecule has 1 amide bonds. The highest BCUT2D eigenvalue weighted by Crippen LogP contribution is 2.16. The average Bonchev–Trinajstić information content (AvgIpc) is 2.93. The summed E-state index contributed by atoms with van der Waals surface area (Å²) in [7, 11) is 1.66. The van der Waals surface area contributed by atoms with Gasteiger partial charge >= 0.3 is 0 Å². The van der Waals surface area contributed by atoms with Gasteiger partial charge in [-0.2, -0.15) is 0 Å². The first-order valence-electron chi connectivity index (χ1n) is 6.22. The molecule has 100 valence electrons. The molecule has 5 nitrogen and oxygen atoms in total. The molecular weight excluding hydrogens is 242 g/mol. The van der Waals surface area contributed by atoms with E-state index >= 15 is 0 Å². The van der Waals surface area contributed by atoms with Crippen LogP contribution in [0.25, 0.3) is 0 Å². The van der Waals surface area contributed by atoms with Crippen molar-refractivity contribution in [1.82, 2.24) is 9.88 Å². The number of hydrogen-bond acceptors (Lipinski definition) is 4. The van der Waals surface area contributed by atoms with Crippen molar-refractivity contribution >= 4 is 5.91 Å². The molecule has 0 radical (unpaired) electrons. The third kappa shape index (κ3) is 3.11. The molecule has 2 rings (SSSR count). The second-order valence-corrected chi connectivity index (χ2v) is 4.30. The molecule has 19 heavy (non-hydrogen) atoms. The summed E-state index contributed by atoms with van der Waals surface area (Å²) in [6.07, 6.45) is 2.58. The molecule has 0 aromatic carbocycles. The van der Waals surface area contributed by atoms with Crippen LogP contribution in [0, 0.1) is 11.8 Å². The van der Waals surface area contributed by atoms with Crippen molar-refractivity contribution in [1.29, 1.82) is 0 Å². The number of pyridine rings is 1. The topological polar surface area (TPSA) is 68.5 Å². The summed E-state index contributed by atoms with van der Waals surface area (Å²) in [4.78, 5) is 18.3. The second-order valence-electron chi connectivity index (χ2n) is 4.30. The number of methoxy groups -OCH3 is 1. The number of carbonyl (C=O) groups excluding carboxylic acids is 1. The summed E-state index contributed by atoms with van der Waals surface area (Å²) < 4.78 is 5.26. The Labute approximate surface area is 112 Å². The fourth-order valence-electron chi connectivity index (χ4n) is 2.08. The fraction of sp³-hybridized carbons (Fsp3) is 0.429. The molecule has 2 N–H and O–H groups in total. The minimum Gasteiger partial charge on any atom is -0.380 e. The van der Waals surface area contributed by atoms with Crippen LogP contribution in [0.1, 0.15) is 22.5 Å². The van der Waals surface area contributed by atoms with Crippen LogP contribution in [0.2, 0.25) is 0 Å². The second kappa shape index (κ2) is 6.32. The number of amides is 1. The van der Waals surface area contributed by atoms with E-state index in [1.807, 2.05) is 0 Å². The maximum absolute atomic E-state index is 12.4. The zero-order valence-corrected chi connectivity index (χ0v) is 10.9. The van der Waals surface area contributed by atoms with Crippen molar-refractivity contribution in [2.45, 2.75) is 12.5 Å². The first kappa shape index (κ1) is 13.5. The number of aromatic nitrogens is 1. The van der Waals surface area contributed by atoms with Crippen molar-refractivity contribution in [2.24, 2.45) is 5.73 Å². The molecule has 1 aromatic rings. The van der Waals surface area contributed by atoms with Crippen LogP contribution < -0.4 is 5.73 Å². The van der Waals surface area contributed by atoms with Gasteiger partial charge in [0, 0.05) is 26.4 Å². The van der Waals surface area contributed by atoms with Gasteiger partial charge in [-0.1, -0.05) is 11.8 Å². The first-order chi connectivity index (χ1) is 9.26. The van der Waals surface area contributed by atoms with E-state index in [1.165, 1.54) is 0 Å². The van der Waals surface area contributed by atoms with Gasteiger partial charge in [0.2, 0.25) is 0 Å². The highest BCUT2D eigenvalue weighted by molar-refractivity contribution is 5.95. The number of likely N-dealkylation sites (tertiary alicyclic amines) is 1. The molecule has 0 aliphatic carbocycles. The Hall–Kier alpha value is -1.90. The Morgan fingerprint density at radius 3 is 3.21 bits per heavy atom. The van der Waals surface area contributed by atoms with Crippen molar-refractivity contribution in [2.75, 3.05) is 26.7 Å². The Morgan fingerprint density at radius 2 is 2.53 bits per heavy atom. The van der Waals surface area contributed by atoms with Crippen LogP contribution in [0.4, 0.5) is 0 Å². The van der Waals surface area contributed by atoms with Crippen LogP contribution in [-0.2, 0) is 4.74 Å². The van der Waals surface area contributed by atoms with Gasteiger partial charge in [0.1, 0.15) is 5.69 Å². The Balaban J connectivity index is 2.20. The summed E-state index contributed by atoms with van der Waals surface area (Å²) >= 11 is 0. The molecule has 5 heteroatoms. The third-order valence-electron chi connectivity index (χ3n) is 3.10. The molecule has 1 saturated heterocycles. The minimum absolute atomic E-state index is 0.0959. The molecule has 1 aromatic heterocycles. The maximum atomic E-state index is 12.4. The molecule has 1 fully saturated rings. The number of carbonyl (C=O) groups is 1. The monoisotopic (exact) mass is 259 g/mol. The number of ether oxygens (including phenoxy) is 1. The summed E-state index contributed by atoms with van der Waals surface area (Å²) in [6, 6.07) is 3.55. The smallest absolute Gasteiger partial charge is 0.273 e. The van der Waals surface area contributed by atoms with Crippen LogP contribution in [0.15, 0.2) is 18.3 Å². The van der Waals surface area contributed by atoms with Gasteiger partial charge in [-0.05, 0) is 18.6 Å². The number of hydrogen-bond donors (Lipinski definition) is 1. The van der Waals surface area contributed by atoms with Gasteiger partial charge in [0.05, 0.1) is 18.2 Å². The molecule has 0 saturated carbocycles. The van der Waals surface area contributed by atoms with Gasteiger partial charge in [0.15, 0.2) is 0 Å². The zero-order valence-electron chi connectivity index (χ0n) is 10.9. The fourth-order valence-corrected chi connectivity index (χ4v) is 2.08. The van der Waals surface area contributed by atoms with Crippen LogP contribution in [0.3, 0.4) is 0 Å². The van der Waals surface area contributed by atoms with E-state index in [0.29, 0.717) is 24.3 Å². The highest BCUT2D eigenvalue weighted by atomic mass is 16.5. The lowest BCUT2D eigenvalue weighted by Crippen LogP contribution is -2.31. The quantitative estimate of drug-likeness (QED) is 0.773. The van der Waals surface area contributed by atoms with E-state index < -0.39 is 0 Å². The minimum atomic E-state index is -0.0959. The van der Waals surface area contributed by atoms with Crippen molar-refractivity contribution in [3.8, 4) is 11.8 Å². The molecule has 1 aliphatic heterocycles. The Kier molecular flexibility index (Phi) is 4.50. The van der Waals surface area contributed by atoms with Crippen LogP contribution >= 0.6 is 0 Å². The molecule has 1 unspecified atom stereocenters. The van der Waals surface area contributed by atoms with E-state index in [4.69, 9.17) is 10.5 Å². The van der Waals surface area contributed by atoms with E-state index in [0.717, 1.165) is 6.42 Å². The summed E-state index contributed by atoms with van der Waals surface area (Å²) in [5, 5.41) is 0. The van der Waals surface area contributed by atoms with Crippen LogP contribution in [-0.4, -0.2) is 48.6 Å². The SMILES string of the molecule is COC1CCN(C(=O)c2ncccc2C#CCN)C1. The Bertz CT molecular complexity index is 519. The lowest BCUT2D eigenvalue weighted by molar-refractivity contribution is 0.0718. The summed E-state index contributed by atoms with van der Waals surface area (Å²) in [5.41, 5.74) is 6.37. The summed E-state index contributed by atoms with van der Waals surface area (Å²) in [5.74, 6) is 5.54. The lowest BCUT2D eigenvalue weighted by Gasteiger charge is -2.16. The predicted molar refractivity (Wildman–Crippen MR) is 71.5 cm³/mol. The van der Waals surface area contributed by atoms with Gasteiger partial charge in [-0.3, -0.25) is 4.79 Å². The van der Waals surface area contributed by atoms with Crippen LogP contribution in [0.5, 0.6) is 0 Å². The maximum Gasteiger partial charge on any atom is 0.273 e. The van der Waals surface area contributed by atoms with E-state index in [2.05, 4.69) is 16.8 Å². The van der Waals surface area contributed by atoms with Gasteiger partial charge in [-0.15, -0.1) is 0 Å². The van der Waals surface area contributed by atoms with E-state index in [-0.39, 0.29) is 18.6 Å². The van der Waals surface area contributed by atoms with Gasteiger partial charge in [0.25, 0.3) is 5.91 Å². The standard InChI is InChI=1S/C14H17N3O2/c1-19-12-6-9-17(10-12)14(18)13-11(4-2-7-15)5-3-8-16-13/h3,5,8,12H,6-7,9-10,15H2,1H3. The Morgan fingerprint density at radius 1 is 1.68 bits per heavy atom. The first-order valence-corrected chi connectivity index (χ1v) is 6.22. The molecule has 2 heterocycles. The molecule has 0 spiro atoms. The molecular formula is C14H17N3O2.